The van der Waals surface area contributed by atoms with E-state index >= 15 is 0 Å². The maximum Gasteiger partial charge on any atom is 0.389 e. The van der Waals surface area contributed by atoms with Gasteiger partial charge >= 0.3 is 18.2 Å². The van der Waals surface area contributed by atoms with Gasteiger partial charge in [0.25, 0.3) is 0 Å². The van der Waals surface area contributed by atoms with Crippen LogP contribution >= 0.6 is 0 Å². The second-order valence-corrected chi connectivity index (χ2v) is 4.03. The Morgan fingerprint density at radius 1 is 1.20 bits per heavy atom. The maximum atomic E-state index is 11.8. The third-order valence-electron chi connectivity index (χ3n) is 2.18. The molecule has 0 bridgehead atoms. The van der Waals surface area contributed by atoms with Crippen LogP contribution in [-0.4, -0.2) is 41.8 Å². The van der Waals surface area contributed by atoms with E-state index in [0.717, 1.165) is 0 Å². The molecule has 5 N–H and O–H groups in total. The maximum absolute atomic E-state index is 11.8. The molecule has 0 radical (unpaired) electrons. The molecule has 0 rings (SSSR count). The number of carbonyl (C=O) groups excluding carboxylic acids is 2. The minimum absolute atomic E-state index is 0.0369. The van der Waals surface area contributed by atoms with E-state index in [4.69, 9.17) is 10.8 Å². The summed E-state index contributed by atoms with van der Waals surface area (Å²) in [4.78, 5) is 32.5. The van der Waals surface area contributed by atoms with Crippen LogP contribution in [-0.2, 0) is 9.59 Å². The fourth-order valence-corrected chi connectivity index (χ4v) is 1.26. The normalized spacial score (nSPS) is 12.6. The molecule has 20 heavy (non-hydrogen) atoms. The van der Waals surface area contributed by atoms with Gasteiger partial charge in [-0.15, -0.1) is 0 Å². The number of rotatable bonds is 8. The van der Waals surface area contributed by atoms with Crippen LogP contribution in [0.5, 0.6) is 0 Å². The first-order valence-corrected chi connectivity index (χ1v) is 5.74. The summed E-state index contributed by atoms with van der Waals surface area (Å²) >= 11 is 0. The fraction of sp³-hybridized carbons (Fsp3) is 0.700. The number of carbonyl (C=O) groups is 3. The number of primary amides is 1. The van der Waals surface area contributed by atoms with Gasteiger partial charge in [-0.25, -0.2) is 9.59 Å². The number of carboxylic acid groups (broad SMARTS) is 1. The third-order valence-corrected chi connectivity index (χ3v) is 2.18. The van der Waals surface area contributed by atoms with Crippen LogP contribution in [0, 0.1) is 0 Å². The Morgan fingerprint density at radius 3 is 2.25 bits per heavy atom. The van der Waals surface area contributed by atoms with E-state index < -0.39 is 43.0 Å². The molecule has 1 unspecified atom stereocenters. The van der Waals surface area contributed by atoms with Crippen molar-refractivity contribution in [3.63, 3.8) is 0 Å². The third kappa shape index (κ3) is 9.97. The van der Waals surface area contributed by atoms with Crippen LogP contribution in [0.3, 0.4) is 0 Å². The second kappa shape index (κ2) is 8.23. The van der Waals surface area contributed by atoms with E-state index in [9.17, 15) is 27.6 Å². The molecule has 10 heteroatoms. The number of carboxylic acids is 1. The highest BCUT2D eigenvalue weighted by Gasteiger charge is 2.26. The quantitative estimate of drug-likeness (QED) is 0.483. The van der Waals surface area contributed by atoms with Crippen molar-refractivity contribution in [2.75, 3.05) is 6.54 Å². The molecule has 0 spiro atoms. The molecule has 0 fully saturated rings. The van der Waals surface area contributed by atoms with E-state index in [1.165, 1.54) is 0 Å². The Morgan fingerprint density at radius 2 is 1.80 bits per heavy atom. The van der Waals surface area contributed by atoms with Gasteiger partial charge in [-0.05, 0) is 12.8 Å². The molecule has 116 valence electrons. The molecule has 7 nitrogen and oxygen atoms in total. The van der Waals surface area contributed by atoms with Crippen molar-refractivity contribution in [3.05, 3.63) is 0 Å². The van der Waals surface area contributed by atoms with Gasteiger partial charge < -0.3 is 21.5 Å². The summed E-state index contributed by atoms with van der Waals surface area (Å²) in [6.07, 6.45) is -5.81. The fourth-order valence-electron chi connectivity index (χ4n) is 1.26. The van der Waals surface area contributed by atoms with Gasteiger partial charge in [-0.1, -0.05) is 0 Å². The summed E-state index contributed by atoms with van der Waals surface area (Å²) in [5.41, 5.74) is 4.81. The molecule has 0 aliphatic rings. The number of hydrogen-bond acceptors (Lipinski definition) is 3. The summed E-state index contributed by atoms with van der Waals surface area (Å²) in [6, 6.07) is -2.35. The predicted molar refractivity (Wildman–Crippen MR) is 61.7 cm³/mol. The van der Waals surface area contributed by atoms with Gasteiger partial charge in [-0.2, -0.15) is 13.2 Å². The summed E-state index contributed by atoms with van der Waals surface area (Å²) in [5.74, 6) is -2.33. The molecule has 0 aromatic heterocycles. The first kappa shape index (κ1) is 18.0. The molecule has 0 saturated carbocycles. The number of aliphatic carboxylic acids is 1. The van der Waals surface area contributed by atoms with E-state index in [1.54, 1.807) is 0 Å². The minimum Gasteiger partial charge on any atom is -0.480 e. The minimum atomic E-state index is -4.24. The lowest BCUT2D eigenvalue weighted by Gasteiger charge is -2.13. The number of hydrogen-bond donors (Lipinski definition) is 4. The molecule has 0 aliphatic carbocycles. The Labute approximate surface area is 112 Å². The Hall–Kier alpha value is -2.00. The van der Waals surface area contributed by atoms with Gasteiger partial charge in [0.2, 0.25) is 5.91 Å². The molecular formula is C10H16F3N3O4. The summed E-state index contributed by atoms with van der Waals surface area (Å²) in [7, 11) is 0. The van der Waals surface area contributed by atoms with Crippen LogP contribution in [0.2, 0.25) is 0 Å². The van der Waals surface area contributed by atoms with E-state index in [-0.39, 0.29) is 19.4 Å². The number of halogens is 3. The lowest BCUT2D eigenvalue weighted by atomic mass is 10.2. The number of unbranched alkanes of at least 4 members (excludes halogenated alkanes) is 1. The van der Waals surface area contributed by atoms with Crippen LogP contribution < -0.4 is 16.4 Å². The van der Waals surface area contributed by atoms with Crippen LogP contribution in [0.4, 0.5) is 18.0 Å². The highest BCUT2D eigenvalue weighted by molar-refractivity contribution is 5.87. The molecule has 0 saturated heterocycles. The summed E-state index contributed by atoms with van der Waals surface area (Å²) in [5, 5.41) is 12.9. The lowest BCUT2D eigenvalue weighted by Crippen LogP contribution is -2.47. The number of urea groups is 1. The molecular weight excluding hydrogens is 283 g/mol. The Kier molecular flexibility index (Phi) is 7.40. The monoisotopic (exact) mass is 299 g/mol. The van der Waals surface area contributed by atoms with Crippen molar-refractivity contribution in [2.24, 2.45) is 5.73 Å². The highest BCUT2D eigenvalue weighted by atomic mass is 19.4. The number of alkyl halides is 3. The number of nitrogens with one attached hydrogen (secondary N) is 2. The average molecular weight is 299 g/mol. The molecule has 0 aromatic carbocycles. The number of amides is 3. The molecule has 1 atom stereocenters. The van der Waals surface area contributed by atoms with Crippen molar-refractivity contribution in [1.29, 1.82) is 0 Å². The van der Waals surface area contributed by atoms with Crippen LogP contribution in [0.15, 0.2) is 0 Å². The molecule has 0 aromatic rings. The zero-order valence-electron chi connectivity index (χ0n) is 10.5. The van der Waals surface area contributed by atoms with E-state index in [2.05, 4.69) is 5.32 Å². The summed E-state index contributed by atoms with van der Waals surface area (Å²) < 4.78 is 35.4. The smallest absolute Gasteiger partial charge is 0.389 e. The highest BCUT2D eigenvalue weighted by Crippen LogP contribution is 2.21. The zero-order valence-corrected chi connectivity index (χ0v) is 10.5. The summed E-state index contributed by atoms with van der Waals surface area (Å²) in [6.45, 7) is -0.0369. The largest absolute Gasteiger partial charge is 0.480 e. The first-order valence-electron chi connectivity index (χ1n) is 5.74. The van der Waals surface area contributed by atoms with Gasteiger partial charge in [-0.3, -0.25) is 4.79 Å². The lowest BCUT2D eigenvalue weighted by molar-refractivity contribution is -0.141. The standard InChI is InChI=1S/C10H16F3N3O4/c11-10(12,13)3-1-2-4-15-9(20)16-6(8(18)19)5-7(14)17/h6H,1-5H2,(H2,14,17)(H,18,19)(H2,15,16,20). The van der Waals surface area contributed by atoms with Crippen molar-refractivity contribution in [2.45, 2.75) is 37.9 Å². The van der Waals surface area contributed by atoms with Crippen LogP contribution in [0.1, 0.15) is 25.7 Å². The van der Waals surface area contributed by atoms with Crippen molar-refractivity contribution in [3.8, 4) is 0 Å². The first-order chi connectivity index (χ1) is 9.11. The second-order valence-electron chi connectivity index (χ2n) is 4.03. The average Bonchev–Trinajstić information content (AvgIpc) is 2.25. The van der Waals surface area contributed by atoms with Gasteiger partial charge in [0.1, 0.15) is 6.04 Å². The topological polar surface area (TPSA) is 122 Å². The predicted octanol–water partition coefficient (Wildman–Crippen LogP) is 0.347. The van der Waals surface area contributed by atoms with E-state index in [0.29, 0.717) is 0 Å². The van der Waals surface area contributed by atoms with E-state index in [1.807, 2.05) is 5.32 Å². The van der Waals surface area contributed by atoms with Crippen molar-refractivity contribution >= 4 is 17.9 Å². The number of nitrogens with two attached hydrogens (primary N) is 1. The van der Waals surface area contributed by atoms with Gasteiger partial charge in [0.05, 0.1) is 6.42 Å². The van der Waals surface area contributed by atoms with Crippen molar-refractivity contribution in [1.82, 2.24) is 10.6 Å². The zero-order chi connectivity index (χ0) is 15.8. The molecule has 0 aliphatic heterocycles. The van der Waals surface area contributed by atoms with Crippen LogP contribution in [0.25, 0.3) is 0 Å². The Balaban J connectivity index is 3.91. The SMILES string of the molecule is NC(=O)CC(NC(=O)NCCCCC(F)(F)F)C(=O)O. The Bertz CT molecular complexity index is 360. The molecule has 0 heterocycles. The van der Waals surface area contributed by atoms with Gasteiger partial charge in [0.15, 0.2) is 0 Å². The molecule has 3 amide bonds. The van der Waals surface area contributed by atoms with Gasteiger partial charge in [0, 0.05) is 13.0 Å². The van der Waals surface area contributed by atoms with Crippen molar-refractivity contribution < 1.29 is 32.7 Å².